The summed E-state index contributed by atoms with van der Waals surface area (Å²) in [6, 6.07) is 27.7. The fourth-order valence-electron chi connectivity index (χ4n) is 2.67. The van der Waals surface area contributed by atoms with E-state index in [1.807, 2.05) is 112 Å². The maximum Gasteiger partial charge on any atom is 0.323 e. The maximum atomic E-state index is 11.8. The molecule has 0 spiro atoms. The first-order chi connectivity index (χ1) is 14.3. The van der Waals surface area contributed by atoms with Crippen molar-refractivity contribution in [2.24, 2.45) is 5.73 Å². The number of ether oxygens (including phenoxy) is 1. The quantitative estimate of drug-likeness (QED) is 0.490. The van der Waals surface area contributed by atoms with Gasteiger partial charge in [0.25, 0.3) is 0 Å². The molecule has 156 valence electrons. The molecule has 3 aromatic rings. The zero-order chi connectivity index (χ0) is 22.0. The summed E-state index contributed by atoms with van der Waals surface area (Å²) in [5.41, 5.74) is 7.81. The van der Waals surface area contributed by atoms with Gasteiger partial charge in [-0.05, 0) is 32.8 Å². The van der Waals surface area contributed by atoms with Gasteiger partial charge in [-0.1, -0.05) is 91.0 Å². The topological polar surface area (TPSA) is 69.4 Å². The Morgan fingerprint density at radius 3 is 1.57 bits per heavy atom. The molecule has 1 atom stereocenters. The molecular weight excluding hydrogens is 374 g/mol. The lowest BCUT2D eigenvalue weighted by molar-refractivity contribution is -0.156. The van der Waals surface area contributed by atoms with E-state index >= 15 is 0 Å². The summed E-state index contributed by atoms with van der Waals surface area (Å²) in [4.78, 5) is 23.5. The Morgan fingerprint density at radius 2 is 1.17 bits per heavy atom. The summed E-state index contributed by atoms with van der Waals surface area (Å²) in [6.45, 7) is 5.50. The predicted octanol–water partition coefficient (Wildman–Crippen LogP) is 4.82. The van der Waals surface area contributed by atoms with Crippen molar-refractivity contribution < 1.29 is 14.3 Å². The normalized spacial score (nSPS) is 11.6. The molecule has 0 heterocycles. The van der Waals surface area contributed by atoms with E-state index in [4.69, 9.17) is 10.5 Å². The van der Waals surface area contributed by atoms with E-state index in [2.05, 4.69) is 0 Å². The molecule has 0 fully saturated rings. The summed E-state index contributed by atoms with van der Waals surface area (Å²) >= 11 is 0. The van der Waals surface area contributed by atoms with Crippen LogP contribution in [0.4, 0.5) is 0 Å². The number of carbonyl (C=O) groups excluding carboxylic acids is 2. The summed E-state index contributed by atoms with van der Waals surface area (Å²) in [5.74, 6) is -0.275. The van der Waals surface area contributed by atoms with Crippen molar-refractivity contribution in [1.82, 2.24) is 0 Å². The number of benzene rings is 3. The molecule has 3 aromatic carbocycles. The minimum absolute atomic E-state index is 0.0752. The van der Waals surface area contributed by atoms with E-state index in [0.29, 0.717) is 6.42 Å². The van der Waals surface area contributed by atoms with Gasteiger partial charge in [0.15, 0.2) is 5.78 Å². The van der Waals surface area contributed by atoms with Crippen LogP contribution in [0.5, 0.6) is 0 Å². The zero-order valence-corrected chi connectivity index (χ0v) is 17.7. The Hall–Kier alpha value is -3.24. The first-order valence-electron chi connectivity index (χ1n) is 9.93. The third-order valence-corrected chi connectivity index (χ3v) is 4.08. The molecule has 3 rings (SSSR count). The van der Waals surface area contributed by atoms with Gasteiger partial charge < -0.3 is 10.5 Å². The maximum absolute atomic E-state index is 11.8. The molecule has 0 aliphatic heterocycles. The highest BCUT2D eigenvalue weighted by Crippen LogP contribution is 2.10. The summed E-state index contributed by atoms with van der Waals surface area (Å²) in [6.07, 6.45) is 0.510. The Bertz CT molecular complexity index is 875. The van der Waals surface area contributed by atoms with E-state index in [1.165, 1.54) is 0 Å². The average molecular weight is 404 g/mol. The van der Waals surface area contributed by atoms with Gasteiger partial charge in [0.05, 0.1) is 0 Å². The second-order valence-corrected chi connectivity index (χ2v) is 7.89. The van der Waals surface area contributed by atoms with Crippen LogP contribution in [0.3, 0.4) is 0 Å². The highest BCUT2D eigenvalue weighted by molar-refractivity contribution is 6.08. The number of esters is 1. The lowest BCUT2D eigenvalue weighted by Gasteiger charge is -2.22. The number of ketones is 1. The Balaban J connectivity index is 0.000000215. The van der Waals surface area contributed by atoms with Gasteiger partial charge in [0.1, 0.15) is 11.6 Å². The standard InChI is InChI=1S/C13H19NO2.C13H10O/c1-13(2,3)16-12(15)11(14)9-10-7-5-4-6-8-10;14-13(11-7-3-1-4-8-11)12-9-5-2-6-10-12/h4-8,11H,9,14H2,1-3H3;1-10H/t11-;/m1./s1. The van der Waals surface area contributed by atoms with Crippen LogP contribution in [0, 0.1) is 0 Å². The fourth-order valence-corrected chi connectivity index (χ4v) is 2.67. The van der Waals surface area contributed by atoms with Crippen molar-refractivity contribution in [2.75, 3.05) is 0 Å². The molecule has 0 saturated heterocycles. The average Bonchev–Trinajstić information content (AvgIpc) is 2.74. The second-order valence-electron chi connectivity index (χ2n) is 7.89. The molecule has 0 aliphatic carbocycles. The SMILES string of the molecule is CC(C)(C)OC(=O)[C@H](N)Cc1ccccc1.O=C(c1ccccc1)c1ccccc1. The molecule has 0 aromatic heterocycles. The lowest BCUT2D eigenvalue weighted by Crippen LogP contribution is -2.38. The monoisotopic (exact) mass is 403 g/mol. The van der Waals surface area contributed by atoms with Gasteiger partial charge >= 0.3 is 5.97 Å². The van der Waals surface area contributed by atoms with Gasteiger partial charge in [-0.2, -0.15) is 0 Å². The van der Waals surface area contributed by atoms with Crippen molar-refractivity contribution >= 4 is 11.8 Å². The Morgan fingerprint density at radius 1 is 0.767 bits per heavy atom. The molecule has 0 unspecified atom stereocenters. The molecule has 0 amide bonds. The number of rotatable bonds is 5. The van der Waals surface area contributed by atoms with E-state index in [9.17, 15) is 9.59 Å². The van der Waals surface area contributed by atoms with Crippen LogP contribution in [0.15, 0.2) is 91.0 Å². The van der Waals surface area contributed by atoms with Crippen molar-refractivity contribution in [2.45, 2.75) is 38.8 Å². The van der Waals surface area contributed by atoms with Crippen LogP contribution < -0.4 is 5.73 Å². The van der Waals surface area contributed by atoms with E-state index in [1.54, 1.807) is 0 Å². The van der Waals surface area contributed by atoms with Gasteiger partial charge in [-0.15, -0.1) is 0 Å². The predicted molar refractivity (Wildman–Crippen MR) is 120 cm³/mol. The minimum atomic E-state index is -0.596. The summed E-state index contributed by atoms with van der Waals surface area (Å²) < 4.78 is 5.21. The fraction of sp³-hybridized carbons (Fsp3) is 0.231. The van der Waals surface area contributed by atoms with Gasteiger partial charge in [0.2, 0.25) is 0 Å². The van der Waals surface area contributed by atoms with Crippen molar-refractivity contribution in [3.8, 4) is 0 Å². The first kappa shape index (κ1) is 23.0. The Kier molecular flexibility index (Phi) is 8.51. The van der Waals surface area contributed by atoms with Crippen molar-refractivity contribution in [3.63, 3.8) is 0 Å². The molecule has 2 N–H and O–H groups in total. The van der Waals surface area contributed by atoms with Crippen LogP contribution in [0.1, 0.15) is 42.3 Å². The highest BCUT2D eigenvalue weighted by atomic mass is 16.6. The van der Waals surface area contributed by atoms with Crippen LogP contribution >= 0.6 is 0 Å². The number of hydrogen-bond donors (Lipinski definition) is 1. The first-order valence-corrected chi connectivity index (χ1v) is 9.93. The zero-order valence-electron chi connectivity index (χ0n) is 17.7. The number of hydrogen-bond acceptors (Lipinski definition) is 4. The molecule has 0 aliphatic rings. The molecule has 0 saturated carbocycles. The molecule has 4 nitrogen and oxygen atoms in total. The van der Waals surface area contributed by atoms with Crippen molar-refractivity contribution in [1.29, 1.82) is 0 Å². The minimum Gasteiger partial charge on any atom is -0.459 e. The third kappa shape index (κ3) is 8.02. The molecule has 30 heavy (non-hydrogen) atoms. The highest BCUT2D eigenvalue weighted by Gasteiger charge is 2.22. The third-order valence-electron chi connectivity index (χ3n) is 4.08. The van der Waals surface area contributed by atoms with Crippen LogP contribution in [0.25, 0.3) is 0 Å². The lowest BCUT2D eigenvalue weighted by atomic mass is 10.0. The van der Waals surface area contributed by atoms with E-state index in [-0.39, 0.29) is 11.8 Å². The largest absolute Gasteiger partial charge is 0.459 e. The molecule has 0 bridgehead atoms. The summed E-state index contributed by atoms with van der Waals surface area (Å²) in [7, 11) is 0. The number of nitrogens with two attached hydrogens (primary N) is 1. The number of carbonyl (C=O) groups is 2. The molecular formula is C26H29NO3. The van der Waals surface area contributed by atoms with Crippen LogP contribution in [-0.4, -0.2) is 23.4 Å². The Labute approximate surface area is 178 Å². The van der Waals surface area contributed by atoms with Gasteiger partial charge in [0, 0.05) is 11.1 Å². The van der Waals surface area contributed by atoms with E-state index in [0.717, 1.165) is 16.7 Å². The van der Waals surface area contributed by atoms with Gasteiger partial charge in [-0.25, -0.2) is 0 Å². The van der Waals surface area contributed by atoms with Crippen molar-refractivity contribution in [3.05, 3.63) is 108 Å². The van der Waals surface area contributed by atoms with Gasteiger partial charge in [-0.3, -0.25) is 9.59 Å². The summed E-state index contributed by atoms with van der Waals surface area (Å²) in [5, 5.41) is 0. The van der Waals surface area contributed by atoms with Crippen LogP contribution in [0.2, 0.25) is 0 Å². The molecule has 0 radical (unpaired) electrons. The molecule has 4 heteroatoms. The smallest absolute Gasteiger partial charge is 0.323 e. The van der Waals surface area contributed by atoms with E-state index < -0.39 is 11.6 Å². The second kappa shape index (κ2) is 11.1. The van der Waals surface area contributed by atoms with Crippen LogP contribution in [-0.2, 0) is 16.0 Å².